The number of rotatable bonds is 12. The first-order valence-electron chi connectivity index (χ1n) is 8.13. The Bertz CT molecular complexity index is 491. The van der Waals surface area contributed by atoms with Crippen molar-refractivity contribution in [2.75, 3.05) is 32.7 Å². The second-order valence-electron chi connectivity index (χ2n) is 5.29. The van der Waals surface area contributed by atoms with Gasteiger partial charge in [0.1, 0.15) is 0 Å². The van der Waals surface area contributed by atoms with Gasteiger partial charge in [-0.25, -0.2) is 0 Å². The zero-order valence-corrected chi connectivity index (χ0v) is 14.6. The molecule has 0 saturated heterocycles. The average Bonchev–Trinajstić information content (AvgIpc) is 2.61. The summed E-state index contributed by atoms with van der Waals surface area (Å²) in [4.78, 5) is 57.0. The van der Waals surface area contributed by atoms with E-state index in [-0.39, 0.29) is 44.4 Å². The molecule has 10 heteroatoms. The summed E-state index contributed by atoms with van der Waals surface area (Å²) < 4.78 is 0. The molecule has 0 aliphatic carbocycles. The maximum absolute atomic E-state index is 11.8. The lowest BCUT2D eigenvalue weighted by molar-refractivity contribution is -0.129. The van der Waals surface area contributed by atoms with Crippen molar-refractivity contribution in [3.05, 3.63) is 0 Å². The lowest BCUT2D eigenvalue weighted by atomic mass is 9.98. The van der Waals surface area contributed by atoms with Crippen LogP contribution in [-0.4, -0.2) is 62.1 Å². The molecule has 10 nitrogen and oxygen atoms in total. The van der Waals surface area contributed by atoms with Gasteiger partial charge in [0.2, 0.25) is 23.6 Å². The molecule has 6 N–H and O–H groups in total. The van der Waals surface area contributed by atoms with Gasteiger partial charge in [-0.3, -0.25) is 24.0 Å². The molecule has 0 aliphatic heterocycles. The summed E-state index contributed by atoms with van der Waals surface area (Å²) >= 11 is 0. The van der Waals surface area contributed by atoms with Crippen LogP contribution in [0.5, 0.6) is 0 Å². The fourth-order valence-corrected chi connectivity index (χ4v) is 1.87. The van der Waals surface area contributed by atoms with Gasteiger partial charge in [-0.15, -0.1) is 0 Å². The predicted octanol–water partition coefficient (Wildman–Crippen LogP) is -2.58. The van der Waals surface area contributed by atoms with E-state index in [1.807, 2.05) is 13.8 Å². The highest BCUT2D eigenvalue weighted by Crippen LogP contribution is 2.07. The van der Waals surface area contributed by atoms with Gasteiger partial charge in [0.05, 0.1) is 32.7 Å². The molecular weight excluding hydrogens is 330 g/mol. The average molecular weight is 357 g/mol. The van der Waals surface area contributed by atoms with Crippen LogP contribution in [0.25, 0.3) is 0 Å². The summed E-state index contributed by atoms with van der Waals surface area (Å²) in [5.41, 5.74) is 5.06. The highest BCUT2D eigenvalue weighted by molar-refractivity contribution is 5.91. The van der Waals surface area contributed by atoms with E-state index < -0.39 is 23.6 Å². The smallest absolute Gasteiger partial charge is 0.239 e. The highest BCUT2D eigenvalue weighted by atomic mass is 16.2. The zero-order valence-electron chi connectivity index (χ0n) is 14.6. The Morgan fingerprint density at radius 1 is 0.680 bits per heavy atom. The molecule has 0 aromatic rings. The molecule has 0 saturated carbocycles. The molecule has 0 rings (SSSR count). The predicted molar refractivity (Wildman–Crippen MR) is 90.2 cm³/mol. The van der Waals surface area contributed by atoms with E-state index in [4.69, 9.17) is 5.73 Å². The van der Waals surface area contributed by atoms with Crippen molar-refractivity contribution in [2.24, 2.45) is 11.7 Å². The molecule has 0 bridgehead atoms. The first-order valence-corrected chi connectivity index (χ1v) is 8.13. The number of hydrogen-bond acceptors (Lipinski definition) is 6. The third kappa shape index (κ3) is 10.8. The van der Waals surface area contributed by atoms with Crippen LogP contribution in [0.15, 0.2) is 0 Å². The topological polar surface area (TPSA) is 159 Å². The normalized spacial score (nSPS) is 10.1. The summed E-state index contributed by atoms with van der Waals surface area (Å²) in [6, 6.07) is 0. The van der Waals surface area contributed by atoms with Crippen LogP contribution in [0.1, 0.15) is 26.7 Å². The van der Waals surface area contributed by atoms with E-state index in [9.17, 15) is 24.0 Å². The Kier molecular flexibility index (Phi) is 11.6. The molecule has 0 fully saturated rings. The molecular formula is C15H27N5O5. The van der Waals surface area contributed by atoms with E-state index in [1.54, 1.807) is 0 Å². The largest absolute Gasteiger partial charge is 0.347 e. The molecule has 0 heterocycles. The number of nitrogens with one attached hydrogen (secondary N) is 4. The second kappa shape index (κ2) is 12.9. The van der Waals surface area contributed by atoms with E-state index in [0.717, 1.165) is 0 Å². The zero-order chi connectivity index (χ0) is 19.2. The Balaban J connectivity index is 3.90. The molecule has 142 valence electrons. The number of hydrogen-bond donors (Lipinski definition) is 5. The van der Waals surface area contributed by atoms with Gasteiger partial charge in [-0.1, -0.05) is 13.8 Å². The molecule has 0 atom stereocenters. The molecule has 0 unspecified atom stereocenters. The molecule has 25 heavy (non-hydrogen) atoms. The van der Waals surface area contributed by atoms with Crippen molar-refractivity contribution in [1.29, 1.82) is 0 Å². The quantitative estimate of drug-likeness (QED) is 0.258. The number of Topliss-reactive ketones (excluding diaryl/α,β-unsaturated/α-hetero) is 1. The monoisotopic (exact) mass is 357 g/mol. The van der Waals surface area contributed by atoms with Crippen LogP contribution in [0.3, 0.4) is 0 Å². The fourth-order valence-electron chi connectivity index (χ4n) is 1.87. The Morgan fingerprint density at radius 3 is 1.40 bits per heavy atom. The van der Waals surface area contributed by atoms with Crippen LogP contribution >= 0.6 is 0 Å². The van der Waals surface area contributed by atoms with Gasteiger partial charge >= 0.3 is 0 Å². The Hall–Kier alpha value is -2.49. The number of carbonyl (C=O) groups is 5. The standard InChI is InChI=1S/C15H27N5O5/c1-3-10(4-2)11(21)6-17-13(23)8-19-15(25)9-20-14(24)7-18-12(22)5-16/h10H,3-9,16H2,1-2H3,(H,17,23)(H,18,22)(H,19,25)(H,20,24). The summed E-state index contributed by atoms with van der Waals surface area (Å²) in [5, 5.41) is 9.27. The van der Waals surface area contributed by atoms with Gasteiger partial charge in [0.15, 0.2) is 5.78 Å². The minimum atomic E-state index is -0.569. The van der Waals surface area contributed by atoms with E-state index in [2.05, 4.69) is 21.3 Å². The third-order valence-corrected chi connectivity index (χ3v) is 3.42. The van der Waals surface area contributed by atoms with Gasteiger partial charge in [0.25, 0.3) is 0 Å². The lowest BCUT2D eigenvalue weighted by Gasteiger charge is -2.12. The van der Waals surface area contributed by atoms with Gasteiger partial charge in [-0.05, 0) is 12.8 Å². The SMILES string of the molecule is CCC(CC)C(=O)CNC(=O)CNC(=O)CNC(=O)CNC(=O)CN. The number of carbonyl (C=O) groups excluding carboxylic acids is 5. The molecule has 0 spiro atoms. The molecule has 0 aliphatic rings. The summed E-state index contributed by atoms with van der Waals surface area (Å²) in [6.45, 7) is 2.59. The summed E-state index contributed by atoms with van der Waals surface area (Å²) in [6.07, 6.45) is 1.43. The first-order chi connectivity index (χ1) is 11.8. The Labute approximate surface area is 146 Å². The third-order valence-electron chi connectivity index (χ3n) is 3.42. The van der Waals surface area contributed by atoms with E-state index in [1.165, 1.54) is 0 Å². The highest BCUT2D eigenvalue weighted by Gasteiger charge is 2.15. The van der Waals surface area contributed by atoms with Gasteiger partial charge in [-0.2, -0.15) is 0 Å². The van der Waals surface area contributed by atoms with Crippen LogP contribution in [0.2, 0.25) is 0 Å². The van der Waals surface area contributed by atoms with Crippen molar-refractivity contribution in [2.45, 2.75) is 26.7 Å². The van der Waals surface area contributed by atoms with E-state index in [0.29, 0.717) is 12.8 Å². The first kappa shape index (κ1) is 22.5. The van der Waals surface area contributed by atoms with Crippen molar-refractivity contribution < 1.29 is 24.0 Å². The van der Waals surface area contributed by atoms with Crippen LogP contribution < -0.4 is 27.0 Å². The molecule has 4 amide bonds. The van der Waals surface area contributed by atoms with Crippen molar-refractivity contribution in [3.63, 3.8) is 0 Å². The van der Waals surface area contributed by atoms with Crippen LogP contribution in [-0.2, 0) is 24.0 Å². The minimum Gasteiger partial charge on any atom is -0.347 e. The summed E-state index contributed by atoms with van der Waals surface area (Å²) in [5.74, 6) is -2.23. The summed E-state index contributed by atoms with van der Waals surface area (Å²) in [7, 11) is 0. The van der Waals surface area contributed by atoms with Crippen molar-refractivity contribution in [3.8, 4) is 0 Å². The molecule has 0 radical (unpaired) electrons. The maximum atomic E-state index is 11.8. The number of ketones is 1. The van der Waals surface area contributed by atoms with Crippen LogP contribution in [0.4, 0.5) is 0 Å². The molecule has 0 aromatic heterocycles. The minimum absolute atomic E-state index is 0.0449. The van der Waals surface area contributed by atoms with Crippen molar-refractivity contribution >= 4 is 29.4 Å². The van der Waals surface area contributed by atoms with Crippen molar-refractivity contribution in [1.82, 2.24) is 21.3 Å². The maximum Gasteiger partial charge on any atom is 0.239 e. The number of nitrogens with two attached hydrogens (primary N) is 1. The van der Waals surface area contributed by atoms with E-state index >= 15 is 0 Å². The fraction of sp³-hybridized carbons (Fsp3) is 0.667. The van der Waals surface area contributed by atoms with Crippen LogP contribution in [0, 0.1) is 5.92 Å². The second-order valence-corrected chi connectivity index (χ2v) is 5.29. The van der Waals surface area contributed by atoms with Gasteiger partial charge in [0, 0.05) is 5.92 Å². The lowest BCUT2D eigenvalue weighted by Crippen LogP contribution is -2.45. The number of amides is 4. The molecule has 0 aromatic carbocycles. The Morgan fingerprint density at radius 2 is 1.04 bits per heavy atom. The van der Waals surface area contributed by atoms with Gasteiger partial charge < -0.3 is 27.0 Å².